The van der Waals surface area contributed by atoms with E-state index >= 15 is 0 Å². The lowest BCUT2D eigenvalue weighted by molar-refractivity contribution is -0.154. The molecule has 1 atom stereocenters. The number of hydrogen-bond acceptors (Lipinski definition) is 5. The van der Waals surface area contributed by atoms with Crippen molar-refractivity contribution in [3.8, 4) is 0 Å². The van der Waals surface area contributed by atoms with Crippen molar-refractivity contribution in [3.63, 3.8) is 0 Å². The number of amides is 1. The van der Waals surface area contributed by atoms with E-state index < -0.39 is 12.1 Å². The van der Waals surface area contributed by atoms with Crippen LogP contribution in [0.25, 0.3) is 11.1 Å². The lowest BCUT2D eigenvalue weighted by Gasteiger charge is -2.13. The van der Waals surface area contributed by atoms with Crippen molar-refractivity contribution in [2.24, 2.45) is 0 Å². The molecule has 0 bridgehead atoms. The predicted octanol–water partition coefficient (Wildman–Crippen LogP) is 3.32. The number of benzene rings is 2. The lowest BCUT2D eigenvalue weighted by atomic mass is 10.1. The van der Waals surface area contributed by atoms with Gasteiger partial charge in [-0.15, -0.1) is 0 Å². The number of aryl methyl sites for hydroxylation is 2. The molecule has 0 spiro atoms. The molecule has 2 aromatic carbocycles. The Hall–Kier alpha value is -3.15. The summed E-state index contributed by atoms with van der Waals surface area (Å²) in [6.07, 6.45) is -0.431. The number of esters is 1. The second kappa shape index (κ2) is 8.49. The molecular formula is C21H22N2O4. The fourth-order valence-corrected chi connectivity index (χ4v) is 2.58. The van der Waals surface area contributed by atoms with E-state index in [2.05, 4.69) is 10.3 Å². The molecule has 140 valence electrons. The fraction of sp³-hybridized carbons (Fsp3) is 0.286. The minimum atomic E-state index is -0.855. The smallest absolute Gasteiger partial charge is 0.307 e. The van der Waals surface area contributed by atoms with Crippen LogP contribution in [0.2, 0.25) is 0 Å². The van der Waals surface area contributed by atoms with Crippen molar-refractivity contribution < 1.29 is 18.7 Å². The van der Waals surface area contributed by atoms with Crippen molar-refractivity contribution in [2.75, 3.05) is 0 Å². The number of fused-ring (bicyclic) bond motifs is 1. The number of nitrogens with zero attached hydrogens (tertiary/aromatic N) is 1. The standard InChI is InChI=1S/C21H22N2O4/c1-14-7-9-16(10-8-14)13-22-21(25)15(2)26-20(24)12-11-19-23-17-5-3-4-6-18(17)27-19/h3-10,15H,11-13H2,1-2H3,(H,22,25)/t15-/m0/s1. The quantitative estimate of drug-likeness (QED) is 0.649. The Bertz CT molecular complexity index is 898. The average Bonchev–Trinajstić information content (AvgIpc) is 3.08. The number of para-hydroxylation sites is 2. The number of ether oxygens (including phenoxy) is 1. The predicted molar refractivity (Wildman–Crippen MR) is 101 cm³/mol. The van der Waals surface area contributed by atoms with E-state index in [0.29, 0.717) is 24.4 Å². The van der Waals surface area contributed by atoms with Crippen LogP contribution in [0.5, 0.6) is 0 Å². The number of rotatable bonds is 7. The van der Waals surface area contributed by atoms with Gasteiger partial charge in [-0.2, -0.15) is 0 Å². The van der Waals surface area contributed by atoms with Gasteiger partial charge in [-0.05, 0) is 31.5 Å². The molecule has 1 aromatic heterocycles. The van der Waals surface area contributed by atoms with Gasteiger partial charge in [-0.25, -0.2) is 4.98 Å². The molecule has 1 heterocycles. The van der Waals surface area contributed by atoms with Crippen molar-refractivity contribution >= 4 is 23.0 Å². The third-order valence-electron chi connectivity index (χ3n) is 4.15. The molecule has 0 aliphatic heterocycles. The first kappa shape index (κ1) is 18.6. The Morgan fingerprint density at radius 2 is 1.89 bits per heavy atom. The van der Waals surface area contributed by atoms with Crippen LogP contribution in [0, 0.1) is 6.92 Å². The summed E-state index contributed by atoms with van der Waals surface area (Å²) >= 11 is 0. The third-order valence-corrected chi connectivity index (χ3v) is 4.15. The van der Waals surface area contributed by atoms with Crippen LogP contribution in [0.3, 0.4) is 0 Å². The topological polar surface area (TPSA) is 81.4 Å². The van der Waals surface area contributed by atoms with Crippen LogP contribution in [0.4, 0.5) is 0 Å². The van der Waals surface area contributed by atoms with Gasteiger partial charge in [0.05, 0.1) is 6.42 Å². The SMILES string of the molecule is Cc1ccc(CNC(=O)[C@H](C)OC(=O)CCc2nc3ccccc3o2)cc1. The maximum Gasteiger partial charge on any atom is 0.307 e. The second-order valence-electron chi connectivity index (χ2n) is 6.41. The zero-order valence-corrected chi connectivity index (χ0v) is 15.4. The minimum absolute atomic E-state index is 0.0996. The van der Waals surface area contributed by atoms with Crippen LogP contribution in [-0.4, -0.2) is 23.0 Å². The summed E-state index contributed by atoms with van der Waals surface area (Å²) in [6, 6.07) is 15.3. The molecule has 0 unspecified atom stereocenters. The highest BCUT2D eigenvalue weighted by molar-refractivity contribution is 5.83. The normalized spacial score (nSPS) is 11.9. The lowest BCUT2D eigenvalue weighted by Crippen LogP contribution is -2.35. The molecule has 0 saturated carbocycles. The van der Waals surface area contributed by atoms with Crippen LogP contribution in [-0.2, 0) is 27.3 Å². The number of nitrogens with one attached hydrogen (secondary N) is 1. The summed E-state index contributed by atoms with van der Waals surface area (Å²) in [7, 11) is 0. The molecule has 0 radical (unpaired) electrons. The molecule has 1 amide bonds. The Morgan fingerprint density at radius 3 is 2.63 bits per heavy atom. The third kappa shape index (κ3) is 5.17. The van der Waals surface area contributed by atoms with Crippen molar-refractivity contribution in [3.05, 3.63) is 65.5 Å². The highest BCUT2D eigenvalue weighted by Gasteiger charge is 2.18. The van der Waals surface area contributed by atoms with Gasteiger partial charge in [-0.1, -0.05) is 42.0 Å². The van der Waals surface area contributed by atoms with E-state index in [9.17, 15) is 9.59 Å². The van der Waals surface area contributed by atoms with E-state index in [0.717, 1.165) is 16.6 Å². The van der Waals surface area contributed by atoms with Crippen molar-refractivity contribution in [1.29, 1.82) is 0 Å². The van der Waals surface area contributed by atoms with Crippen LogP contribution >= 0.6 is 0 Å². The number of carbonyl (C=O) groups is 2. The van der Waals surface area contributed by atoms with Crippen LogP contribution in [0.1, 0.15) is 30.4 Å². The van der Waals surface area contributed by atoms with E-state index in [4.69, 9.17) is 9.15 Å². The summed E-state index contributed by atoms with van der Waals surface area (Å²) in [5, 5.41) is 2.77. The first-order chi connectivity index (χ1) is 13.0. The molecule has 3 aromatic rings. The summed E-state index contributed by atoms with van der Waals surface area (Å²) in [5.74, 6) is -0.314. The molecule has 27 heavy (non-hydrogen) atoms. The first-order valence-electron chi connectivity index (χ1n) is 8.88. The largest absolute Gasteiger partial charge is 0.453 e. The molecule has 1 N–H and O–H groups in total. The van der Waals surface area contributed by atoms with Gasteiger partial charge in [0.25, 0.3) is 5.91 Å². The van der Waals surface area contributed by atoms with Crippen molar-refractivity contribution in [2.45, 2.75) is 39.3 Å². The van der Waals surface area contributed by atoms with Gasteiger partial charge in [-0.3, -0.25) is 9.59 Å². The highest BCUT2D eigenvalue weighted by Crippen LogP contribution is 2.16. The summed E-state index contributed by atoms with van der Waals surface area (Å²) in [5.41, 5.74) is 3.59. The first-order valence-corrected chi connectivity index (χ1v) is 8.88. The van der Waals surface area contributed by atoms with E-state index in [1.165, 1.54) is 0 Å². The van der Waals surface area contributed by atoms with E-state index in [1.54, 1.807) is 6.92 Å². The molecule has 3 rings (SSSR count). The van der Waals surface area contributed by atoms with Gasteiger partial charge in [0, 0.05) is 13.0 Å². The van der Waals surface area contributed by atoms with Crippen LogP contribution in [0.15, 0.2) is 52.9 Å². The second-order valence-corrected chi connectivity index (χ2v) is 6.41. The molecule has 6 nitrogen and oxygen atoms in total. The Kier molecular flexibility index (Phi) is 5.86. The van der Waals surface area contributed by atoms with Gasteiger partial charge >= 0.3 is 5.97 Å². The number of oxazole rings is 1. The van der Waals surface area contributed by atoms with Crippen molar-refractivity contribution in [1.82, 2.24) is 10.3 Å². The fourth-order valence-electron chi connectivity index (χ4n) is 2.58. The van der Waals surface area contributed by atoms with E-state index in [1.807, 2.05) is 55.5 Å². The van der Waals surface area contributed by atoms with E-state index in [-0.39, 0.29) is 12.3 Å². The maximum atomic E-state index is 12.1. The number of carbonyl (C=O) groups excluding carboxylic acids is 2. The molecule has 0 aliphatic rings. The zero-order chi connectivity index (χ0) is 19.2. The number of aromatic nitrogens is 1. The summed E-state index contributed by atoms with van der Waals surface area (Å²) in [6.45, 7) is 3.95. The van der Waals surface area contributed by atoms with Gasteiger partial charge < -0.3 is 14.5 Å². The molecule has 6 heteroatoms. The molecule has 0 fully saturated rings. The Labute approximate surface area is 157 Å². The number of hydrogen-bond donors (Lipinski definition) is 1. The van der Waals surface area contributed by atoms with Gasteiger partial charge in [0.2, 0.25) is 0 Å². The monoisotopic (exact) mass is 366 g/mol. The summed E-state index contributed by atoms with van der Waals surface area (Å²) in [4.78, 5) is 28.4. The van der Waals surface area contributed by atoms with Gasteiger partial charge in [0.15, 0.2) is 17.6 Å². The average molecular weight is 366 g/mol. The molecular weight excluding hydrogens is 344 g/mol. The zero-order valence-electron chi connectivity index (χ0n) is 15.4. The Morgan fingerprint density at radius 1 is 1.15 bits per heavy atom. The molecule has 0 saturated heterocycles. The van der Waals surface area contributed by atoms with Gasteiger partial charge in [0.1, 0.15) is 5.52 Å². The molecule has 0 aliphatic carbocycles. The highest BCUT2D eigenvalue weighted by atomic mass is 16.5. The van der Waals surface area contributed by atoms with Crippen LogP contribution < -0.4 is 5.32 Å². The maximum absolute atomic E-state index is 12.1. The Balaban J connectivity index is 1.43. The minimum Gasteiger partial charge on any atom is -0.453 e. The summed E-state index contributed by atoms with van der Waals surface area (Å²) < 4.78 is 10.8.